The highest BCUT2D eigenvalue weighted by Crippen LogP contribution is 2.15. The van der Waals surface area contributed by atoms with Gasteiger partial charge in [0.05, 0.1) is 0 Å². The van der Waals surface area contributed by atoms with Crippen molar-refractivity contribution < 1.29 is 10.0 Å². The Morgan fingerprint density at radius 3 is 2.29 bits per heavy atom. The van der Waals surface area contributed by atoms with Crippen LogP contribution in [0.3, 0.4) is 0 Å². The van der Waals surface area contributed by atoms with Gasteiger partial charge in [-0.3, -0.25) is 0 Å². The molecule has 14 heavy (non-hydrogen) atoms. The van der Waals surface area contributed by atoms with E-state index in [-0.39, 0.29) is 0 Å². The molecular formula is C11H11BO2. The molecule has 2 N–H and O–H groups in total. The maximum Gasteiger partial charge on any atom is 0.489 e. The summed E-state index contributed by atoms with van der Waals surface area (Å²) < 4.78 is 0. The van der Waals surface area contributed by atoms with Crippen molar-refractivity contribution in [2.45, 2.75) is 6.92 Å². The van der Waals surface area contributed by atoms with Crippen LogP contribution in [0.5, 0.6) is 0 Å². The van der Waals surface area contributed by atoms with Gasteiger partial charge in [-0.25, -0.2) is 0 Å². The quantitative estimate of drug-likeness (QED) is 0.647. The normalized spacial score (nSPS) is 10.5. The van der Waals surface area contributed by atoms with Crippen molar-refractivity contribution in [1.29, 1.82) is 0 Å². The van der Waals surface area contributed by atoms with Gasteiger partial charge in [0.2, 0.25) is 0 Å². The molecule has 2 rings (SSSR count). The predicted octanol–water partition coefficient (Wildman–Crippen LogP) is 0.828. The molecule has 2 aromatic carbocycles. The Kier molecular flexibility index (Phi) is 2.27. The van der Waals surface area contributed by atoms with Gasteiger partial charge in [-0.1, -0.05) is 36.4 Å². The first kappa shape index (κ1) is 9.25. The summed E-state index contributed by atoms with van der Waals surface area (Å²) >= 11 is 0. The average molecular weight is 186 g/mol. The van der Waals surface area contributed by atoms with Crippen molar-refractivity contribution >= 4 is 23.4 Å². The number of rotatable bonds is 1. The zero-order valence-corrected chi connectivity index (χ0v) is 7.94. The summed E-state index contributed by atoms with van der Waals surface area (Å²) in [6.45, 7) is 1.97. The SMILES string of the molecule is Cc1cccc2cccc(B(O)O)c12. The van der Waals surface area contributed by atoms with Gasteiger partial charge in [0, 0.05) is 0 Å². The lowest BCUT2D eigenvalue weighted by atomic mass is 9.76. The first-order chi connectivity index (χ1) is 6.70. The number of aryl methyl sites for hydroxylation is 1. The average Bonchev–Trinajstić information content (AvgIpc) is 2.17. The van der Waals surface area contributed by atoms with Gasteiger partial charge >= 0.3 is 7.12 Å². The molecule has 0 aromatic heterocycles. The molecular weight excluding hydrogens is 175 g/mol. The summed E-state index contributed by atoms with van der Waals surface area (Å²) in [4.78, 5) is 0. The van der Waals surface area contributed by atoms with E-state index in [0.717, 1.165) is 16.3 Å². The van der Waals surface area contributed by atoms with Crippen LogP contribution in [0.2, 0.25) is 0 Å². The maximum atomic E-state index is 9.20. The number of fused-ring (bicyclic) bond motifs is 1. The lowest BCUT2D eigenvalue weighted by molar-refractivity contribution is 0.426. The molecule has 0 aliphatic heterocycles. The largest absolute Gasteiger partial charge is 0.489 e. The molecule has 0 amide bonds. The third-order valence-corrected chi connectivity index (χ3v) is 2.42. The third-order valence-electron chi connectivity index (χ3n) is 2.42. The van der Waals surface area contributed by atoms with Crippen LogP contribution >= 0.6 is 0 Å². The Labute approximate surface area is 83.0 Å². The molecule has 0 radical (unpaired) electrons. The van der Waals surface area contributed by atoms with Crippen LogP contribution in [0.15, 0.2) is 36.4 Å². The summed E-state index contributed by atoms with van der Waals surface area (Å²) in [5, 5.41) is 20.4. The van der Waals surface area contributed by atoms with E-state index in [4.69, 9.17) is 0 Å². The maximum absolute atomic E-state index is 9.20. The van der Waals surface area contributed by atoms with E-state index in [1.165, 1.54) is 0 Å². The van der Waals surface area contributed by atoms with Crippen molar-refractivity contribution in [1.82, 2.24) is 0 Å². The highest BCUT2D eigenvalue weighted by Gasteiger charge is 2.14. The second-order valence-electron chi connectivity index (χ2n) is 3.39. The Balaban J connectivity index is 2.84. The Morgan fingerprint density at radius 1 is 1.00 bits per heavy atom. The van der Waals surface area contributed by atoms with Crippen LogP contribution in [0, 0.1) is 6.92 Å². The standard InChI is InChI=1S/C11H11BO2/c1-8-4-2-5-9-6-3-7-10(11(8)9)12(13)14/h2-7,13-14H,1H3. The second-order valence-corrected chi connectivity index (χ2v) is 3.39. The van der Waals surface area contributed by atoms with Crippen molar-refractivity contribution in [3.63, 3.8) is 0 Å². The lowest BCUT2D eigenvalue weighted by Crippen LogP contribution is -2.30. The molecule has 70 valence electrons. The number of hydrogen-bond acceptors (Lipinski definition) is 2. The van der Waals surface area contributed by atoms with Gasteiger partial charge in [0.25, 0.3) is 0 Å². The molecule has 0 heterocycles. The van der Waals surface area contributed by atoms with Gasteiger partial charge in [-0.15, -0.1) is 0 Å². The summed E-state index contributed by atoms with van der Waals surface area (Å²) in [5.74, 6) is 0. The molecule has 0 spiro atoms. The van der Waals surface area contributed by atoms with E-state index < -0.39 is 7.12 Å². The van der Waals surface area contributed by atoms with Crippen LogP contribution in [0.1, 0.15) is 5.56 Å². The van der Waals surface area contributed by atoms with E-state index in [0.29, 0.717) is 5.46 Å². The van der Waals surface area contributed by atoms with E-state index in [9.17, 15) is 10.0 Å². The highest BCUT2D eigenvalue weighted by molar-refractivity contribution is 6.62. The van der Waals surface area contributed by atoms with E-state index in [2.05, 4.69) is 0 Å². The molecule has 0 bridgehead atoms. The Bertz CT molecular complexity index is 461. The van der Waals surface area contributed by atoms with E-state index in [1.54, 1.807) is 6.07 Å². The van der Waals surface area contributed by atoms with Crippen LogP contribution in [0.25, 0.3) is 10.8 Å². The summed E-state index contributed by atoms with van der Waals surface area (Å²) in [5.41, 5.74) is 1.63. The van der Waals surface area contributed by atoms with Crippen molar-refractivity contribution in [2.24, 2.45) is 0 Å². The van der Waals surface area contributed by atoms with Crippen LogP contribution in [-0.4, -0.2) is 17.2 Å². The molecule has 0 saturated carbocycles. The molecule has 0 fully saturated rings. The topological polar surface area (TPSA) is 40.5 Å². The summed E-state index contributed by atoms with van der Waals surface area (Å²) in [6.07, 6.45) is 0. The summed E-state index contributed by atoms with van der Waals surface area (Å²) in [6, 6.07) is 11.4. The highest BCUT2D eigenvalue weighted by atomic mass is 16.4. The van der Waals surface area contributed by atoms with Crippen molar-refractivity contribution in [2.75, 3.05) is 0 Å². The Hall–Kier alpha value is -1.32. The van der Waals surface area contributed by atoms with Crippen molar-refractivity contribution in [3.05, 3.63) is 42.0 Å². The number of benzene rings is 2. The van der Waals surface area contributed by atoms with E-state index in [1.807, 2.05) is 37.3 Å². The third kappa shape index (κ3) is 1.41. The monoisotopic (exact) mass is 186 g/mol. The summed E-state index contributed by atoms with van der Waals surface area (Å²) in [7, 11) is -1.40. The first-order valence-corrected chi connectivity index (χ1v) is 4.54. The van der Waals surface area contributed by atoms with Gasteiger partial charge in [-0.05, 0) is 28.7 Å². The predicted molar refractivity (Wildman–Crippen MR) is 58.5 cm³/mol. The minimum Gasteiger partial charge on any atom is -0.423 e. The molecule has 0 unspecified atom stereocenters. The first-order valence-electron chi connectivity index (χ1n) is 4.54. The van der Waals surface area contributed by atoms with Crippen LogP contribution in [0.4, 0.5) is 0 Å². The molecule has 0 aliphatic carbocycles. The van der Waals surface area contributed by atoms with Crippen LogP contribution < -0.4 is 5.46 Å². The minimum absolute atomic E-state index is 0.570. The van der Waals surface area contributed by atoms with Crippen molar-refractivity contribution in [3.8, 4) is 0 Å². The second kappa shape index (κ2) is 3.44. The molecule has 0 saturated heterocycles. The van der Waals surface area contributed by atoms with E-state index >= 15 is 0 Å². The molecule has 2 aromatic rings. The molecule has 2 nitrogen and oxygen atoms in total. The number of hydrogen-bond donors (Lipinski definition) is 2. The lowest BCUT2D eigenvalue weighted by Gasteiger charge is -2.07. The fourth-order valence-corrected chi connectivity index (χ4v) is 1.78. The molecule has 0 atom stereocenters. The fourth-order valence-electron chi connectivity index (χ4n) is 1.78. The van der Waals surface area contributed by atoms with Gasteiger partial charge < -0.3 is 10.0 Å². The Morgan fingerprint density at radius 2 is 1.64 bits per heavy atom. The fraction of sp³-hybridized carbons (Fsp3) is 0.0909. The minimum atomic E-state index is -1.40. The van der Waals surface area contributed by atoms with Crippen LogP contribution in [-0.2, 0) is 0 Å². The van der Waals surface area contributed by atoms with Gasteiger partial charge in [0.15, 0.2) is 0 Å². The zero-order chi connectivity index (χ0) is 10.1. The van der Waals surface area contributed by atoms with Gasteiger partial charge in [0.1, 0.15) is 0 Å². The zero-order valence-electron chi connectivity index (χ0n) is 7.94. The smallest absolute Gasteiger partial charge is 0.423 e. The van der Waals surface area contributed by atoms with Gasteiger partial charge in [-0.2, -0.15) is 0 Å². The molecule has 3 heteroatoms. The molecule has 0 aliphatic rings.